The maximum Gasteiger partial charge on any atom is 0.154 e. The first kappa shape index (κ1) is 13.2. The fourth-order valence-electron chi connectivity index (χ4n) is 1.92. The van der Waals surface area contributed by atoms with Crippen molar-refractivity contribution < 1.29 is 9.52 Å². The predicted molar refractivity (Wildman–Crippen MR) is 75.0 cm³/mol. The molecule has 2 aromatic heterocycles. The Kier molecular flexibility index (Phi) is 3.48. The number of aliphatic hydroxyl groups is 1. The van der Waals surface area contributed by atoms with Crippen molar-refractivity contribution in [2.45, 2.75) is 6.61 Å². The number of nitrogens with zero attached hydrogens (tertiary/aromatic N) is 3. The monoisotopic (exact) mass is 309 g/mol. The van der Waals surface area contributed by atoms with E-state index < -0.39 is 0 Å². The van der Waals surface area contributed by atoms with Gasteiger partial charge in [0.1, 0.15) is 11.4 Å². The SMILES string of the molecule is OCc1nnn(-c2cc(Cl)cc(Cl)c2)c1-c1ccco1. The van der Waals surface area contributed by atoms with Gasteiger partial charge in [0.25, 0.3) is 0 Å². The first-order valence-corrected chi connectivity index (χ1v) is 6.50. The zero-order chi connectivity index (χ0) is 14.1. The van der Waals surface area contributed by atoms with E-state index in [1.165, 1.54) is 4.68 Å². The molecule has 7 heteroatoms. The van der Waals surface area contributed by atoms with Crippen LogP contribution in [0.3, 0.4) is 0 Å². The van der Waals surface area contributed by atoms with Gasteiger partial charge in [0.2, 0.25) is 0 Å². The number of benzene rings is 1. The summed E-state index contributed by atoms with van der Waals surface area (Å²) >= 11 is 12.0. The number of aromatic nitrogens is 3. The maximum atomic E-state index is 9.38. The normalized spacial score (nSPS) is 10.9. The Hall–Kier alpha value is -1.82. The Morgan fingerprint density at radius 3 is 2.55 bits per heavy atom. The van der Waals surface area contributed by atoms with E-state index in [2.05, 4.69) is 10.3 Å². The third-order valence-electron chi connectivity index (χ3n) is 2.74. The number of halogens is 2. The molecule has 0 bridgehead atoms. The summed E-state index contributed by atoms with van der Waals surface area (Å²) in [5.41, 5.74) is 1.62. The van der Waals surface area contributed by atoms with E-state index in [0.717, 1.165) is 0 Å². The molecule has 0 fully saturated rings. The molecular formula is C13H9Cl2N3O2. The van der Waals surface area contributed by atoms with E-state index in [1.807, 2.05) is 0 Å². The predicted octanol–water partition coefficient (Wildman–Crippen LogP) is 3.33. The van der Waals surface area contributed by atoms with Gasteiger partial charge in [-0.05, 0) is 30.3 Å². The van der Waals surface area contributed by atoms with Crippen LogP contribution in [-0.4, -0.2) is 20.1 Å². The third kappa shape index (κ3) is 2.31. The summed E-state index contributed by atoms with van der Waals surface area (Å²) in [6, 6.07) is 8.55. The molecule has 3 rings (SSSR count). The average Bonchev–Trinajstić information content (AvgIpc) is 3.06. The van der Waals surface area contributed by atoms with Gasteiger partial charge in [-0.15, -0.1) is 5.10 Å². The molecule has 0 aliphatic rings. The maximum absolute atomic E-state index is 9.38. The van der Waals surface area contributed by atoms with Crippen LogP contribution in [-0.2, 0) is 6.61 Å². The van der Waals surface area contributed by atoms with E-state index in [1.54, 1.807) is 36.6 Å². The molecule has 0 aliphatic heterocycles. The van der Waals surface area contributed by atoms with Crippen LogP contribution in [0.1, 0.15) is 5.69 Å². The smallest absolute Gasteiger partial charge is 0.154 e. The second kappa shape index (κ2) is 5.28. The van der Waals surface area contributed by atoms with Gasteiger partial charge in [-0.25, -0.2) is 4.68 Å². The van der Waals surface area contributed by atoms with Crippen LogP contribution in [0, 0.1) is 0 Å². The van der Waals surface area contributed by atoms with Crippen LogP contribution in [0.4, 0.5) is 0 Å². The van der Waals surface area contributed by atoms with Crippen molar-refractivity contribution in [3.8, 4) is 17.1 Å². The largest absolute Gasteiger partial charge is 0.463 e. The zero-order valence-electron chi connectivity index (χ0n) is 10.1. The van der Waals surface area contributed by atoms with Crippen LogP contribution in [0.25, 0.3) is 17.1 Å². The molecule has 0 aliphatic carbocycles. The molecule has 0 spiro atoms. The molecule has 1 N–H and O–H groups in total. The molecular weight excluding hydrogens is 301 g/mol. The van der Waals surface area contributed by atoms with E-state index >= 15 is 0 Å². The minimum Gasteiger partial charge on any atom is -0.463 e. The quantitative estimate of drug-likeness (QED) is 0.806. The first-order valence-electron chi connectivity index (χ1n) is 5.75. The summed E-state index contributed by atoms with van der Waals surface area (Å²) in [5.74, 6) is 0.551. The van der Waals surface area contributed by atoms with Crippen molar-refractivity contribution in [1.82, 2.24) is 15.0 Å². The Labute approximate surface area is 124 Å². The Morgan fingerprint density at radius 1 is 1.20 bits per heavy atom. The van der Waals surface area contributed by atoms with Gasteiger partial charge < -0.3 is 9.52 Å². The third-order valence-corrected chi connectivity index (χ3v) is 3.17. The van der Waals surface area contributed by atoms with Crippen molar-refractivity contribution in [3.05, 3.63) is 52.3 Å². The molecule has 20 heavy (non-hydrogen) atoms. The number of furan rings is 1. The fraction of sp³-hybridized carbons (Fsp3) is 0.0769. The standard InChI is InChI=1S/C13H9Cl2N3O2/c14-8-4-9(15)6-10(5-8)18-13(11(7-19)16-17-18)12-2-1-3-20-12/h1-6,19H,7H2. The van der Waals surface area contributed by atoms with Gasteiger partial charge in [-0.1, -0.05) is 28.4 Å². The molecule has 0 atom stereocenters. The lowest BCUT2D eigenvalue weighted by atomic mass is 10.2. The lowest BCUT2D eigenvalue weighted by Gasteiger charge is -2.06. The van der Waals surface area contributed by atoms with Gasteiger partial charge in [0.05, 0.1) is 18.6 Å². The van der Waals surface area contributed by atoms with Crippen LogP contribution in [0.5, 0.6) is 0 Å². The van der Waals surface area contributed by atoms with E-state index in [4.69, 9.17) is 27.6 Å². The molecule has 0 radical (unpaired) electrons. The minimum absolute atomic E-state index is 0.246. The van der Waals surface area contributed by atoms with E-state index in [9.17, 15) is 5.11 Å². The van der Waals surface area contributed by atoms with E-state index in [0.29, 0.717) is 32.9 Å². The Morgan fingerprint density at radius 2 is 1.95 bits per heavy atom. The van der Waals surface area contributed by atoms with Crippen molar-refractivity contribution >= 4 is 23.2 Å². The van der Waals surface area contributed by atoms with Crippen molar-refractivity contribution in [2.75, 3.05) is 0 Å². The molecule has 2 heterocycles. The summed E-state index contributed by atoms with van der Waals surface area (Å²) in [6.45, 7) is -0.246. The number of hydrogen-bond donors (Lipinski definition) is 1. The topological polar surface area (TPSA) is 64.1 Å². The summed E-state index contributed by atoms with van der Waals surface area (Å²) in [7, 11) is 0. The van der Waals surface area contributed by atoms with Crippen molar-refractivity contribution in [1.29, 1.82) is 0 Å². The van der Waals surface area contributed by atoms with Gasteiger partial charge in [0.15, 0.2) is 5.76 Å². The van der Waals surface area contributed by atoms with Gasteiger partial charge in [-0.2, -0.15) is 0 Å². The number of rotatable bonds is 3. The summed E-state index contributed by atoms with van der Waals surface area (Å²) in [6.07, 6.45) is 1.54. The molecule has 3 aromatic rings. The summed E-state index contributed by atoms with van der Waals surface area (Å²) in [4.78, 5) is 0. The number of aliphatic hydroxyl groups excluding tert-OH is 1. The number of hydrogen-bond acceptors (Lipinski definition) is 4. The first-order chi connectivity index (χ1) is 9.69. The van der Waals surface area contributed by atoms with Gasteiger partial charge in [-0.3, -0.25) is 0 Å². The fourth-order valence-corrected chi connectivity index (χ4v) is 2.44. The Balaban J connectivity index is 2.22. The van der Waals surface area contributed by atoms with E-state index in [-0.39, 0.29) is 6.61 Å². The lowest BCUT2D eigenvalue weighted by Crippen LogP contribution is -2.00. The van der Waals surface area contributed by atoms with Gasteiger partial charge >= 0.3 is 0 Å². The molecule has 5 nitrogen and oxygen atoms in total. The van der Waals surface area contributed by atoms with Crippen molar-refractivity contribution in [3.63, 3.8) is 0 Å². The second-order valence-corrected chi connectivity index (χ2v) is 4.93. The minimum atomic E-state index is -0.246. The summed E-state index contributed by atoms with van der Waals surface area (Å²) < 4.78 is 6.90. The molecule has 102 valence electrons. The highest BCUT2D eigenvalue weighted by Crippen LogP contribution is 2.28. The Bertz CT molecular complexity index is 718. The lowest BCUT2D eigenvalue weighted by molar-refractivity contribution is 0.277. The second-order valence-electron chi connectivity index (χ2n) is 4.06. The van der Waals surface area contributed by atoms with Crippen LogP contribution < -0.4 is 0 Å². The van der Waals surface area contributed by atoms with Crippen LogP contribution in [0.2, 0.25) is 10.0 Å². The molecule has 0 saturated heterocycles. The molecule has 0 amide bonds. The van der Waals surface area contributed by atoms with Crippen molar-refractivity contribution in [2.24, 2.45) is 0 Å². The highest BCUT2D eigenvalue weighted by Gasteiger charge is 2.18. The van der Waals surface area contributed by atoms with Crippen LogP contribution in [0.15, 0.2) is 41.0 Å². The van der Waals surface area contributed by atoms with Gasteiger partial charge in [0, 0.05) is 10.0 Å². The highest BCUT2D eigenvalue weighted by molar-refractivity contribution is 6.34. The molecule has 0 saturated carbocycles. The summed E-state index contributed by atoms with van der Waals surface area (Å²) in [5, 5.41) is 18.3. The molecule has 1 aromatic carbocycles. The zero-order valence-corrected chi connectivity index (χ0v) is 11.6. The van der Waals surface area contributed by atoms with Crippen LogP contribution >= 0.6 is 23.2 Å². The highest BCUT2D eigenvalue weighted by atomic mass is 35.5. The average molecular weight is 310 g/mol. The molecule has 0 unspecified atom stereocenters.